The molecule has 0 fully saturated rings. The number of pyridine rings is 1. The zero-order valence-electron chi connectivity index (χ0n) is 11.3. The van der Waals surface area contributed by atoms with Crippen molar-refractivity contribution in [2.24, 2.45) is 5.41 Å². The SMILES string of the molecule is CC(C)(C)Cn1ncc(C(=O)O)c1-c1ccncc1. The second kappa shape index (κ2) is 4.84. The summed E-state index contributed by atoms with van der Waals surface area (Å²) < 4.78 is 1.75. The van der Waals surface area contributed by atoms with Crippen LogP contribution >= 0.6 is 0 Å². The van der Waals surface area contributed by atoms with Gasteiger partial charge in [0.05, 0.1) is 11.9 Å². The maximum absolute atomic E-state index is 11.3. The summed E-state index contributed by atoms with van der Waals surface area (Å²) in [4.78, 5) is 15.3. The monoisotopic (exact) mass is 259 g/mol. The van der Waals surface area contributed by atoms with Crippen LogP contribution in [0.4, 0.5) is 0 Å². The molecule has 2 rings (SSSR count). The topological polar surface area (TPSA) is 68.0 Å². The molecule has 0 aliphatic carbocycles. The summed E-state index contributed by atoms with van der Waals surface area (Å²) in [5.41, 5.74) is 1.68. The summed E-state index contributed by atoms with van der Waals surface area (Å²) in [6.45, 7) is 6.92. The van der Waals surface area contributed by atoms with E-state index in [1.54, 1.807) is 29.2 Å². The molecule has 0 radical (unpaired) electrons. The van der Waals surface area contributed by atoms with Crippen LogP contribution in [0.1, 0.15) is 31.1 Å². The van der Waals surface area contributed by atoms with Crippen LogP contribution in [-0.2, 0) is 6.54 Å². The molecular formula is C14H17N3O2. The van der Waals surface area contributed by atoms with Gasteiger partial charge in [-0.25, -0.2) is 4.79 Å². The molecule has 100 valence electrons. The molecule has 0 unspecified atom stereocenters. The first-order valence-electron chi connectivity index (χ1n) is 6.08. The molecular weight excluding hydrogens is 242 g/mol. The van der Waals surface area contributed by atoms with Crippen LogP contribution in [0.25, 0.3) is 11.3 Å². The van der Waals surface area contributed by atoms with Gasteiger partial charge in [-0.2, -0.15) is 5.10 Å². The van der Waals surface area contributed by atoms with E-state index in [9.17, 15) is 9.90 Å². The number of carbonyl (C=O) groups is 1. The van der Waals surface area contributed by atoms with Crippen molar-refractivity contribution in [3.8, 4) is 11.3 Å². The van der Waals surface area contributed by atoms with Gasteiger partial charge in [0, 0.05) is 24.5 Å². The second-order valence-corrected chi connectivity index (χ2v) is 5.67. The van der Waals surface area contributed by atoms with E-state index in [4.69, 9.17) is 0 Å². The first kappa shape index (κ1) is 13.3. The number of carboxylic acid groups (broad SMARTS) is 1. The average Bonchev–Trinajstić information content (AvgIpc) is 2.71. The van der Waals surface area contributed by atoms with E-state index < -0.39 is 5.97 Å². The summed E-state index contributed by atoms with van der Waals surface area (Å²) >= 11 is 0. The van der Waals surface area contributed by atoms with Crippen molar-refractivity contribution in [1.82, 2.24) is 14.8 Å². The van der Waals surface area contributed by atoms with E-state index in [1.165, 1.54) is 6.20 Å². The standard InChI is InChI=1S/C14H17N3O2/c1-14(2,3)9-17-12(10-4-6-15-7-5-10)11(8-16-17)13(18)19/h4-8H,9H2,1-3H3,(H,18,19). The number of rotatable bonds is 3. The molecule has 2 aromatic heterocycles. The van der Waals surface area contributed by atoms with Gasteiger partial charge in [-0.15, -0.1) is 0 Å². The van der Waals surface area contributed by atoms with Crippen LogP contribution in [0.15, 0.2) is 30.7 Å². The Morgan fingerprint density at radius 1 is 1.32 bits per heavy atom. The molecule has 2 aromatic rings. The number of hydrogen-bond acceptors (Lipinski definition) is 3. The molecule has 2 heterocycles. The minimum atomic E-state index is -0.966. The van der Waals surface area contributed by atoms with E-state index in [1.807, 2.05) is 0 Å². The van der Waals surface area contributed by atoms with Crippen LogP contribution in [-0.4, -0.2) is 25.8 Å². The summed E-state index contributed by atoms with van der Waals surface area (Å²) in [7, 11) is 0. The molecule has 0 saturated heterocycles. The number of carboxylic acids is 1. The fraction of sp³-hybridized carbons (Fsp3) is 0.357. The van der Waals surface area contributed by atoms with E-state index in [-0.39, 0.29) is 11.0 Å². The van der Waals surface area contributed by atoms with Crippen LogP contribution in [0, 0.1) is 5.41 Å². The first-order valence-corrected chi connectivity index (χ1v) is 6.08. The van der Waals surface area contributed by atoms with Crippen molar-refractivity contribution in [1.29, 1.82) is 0 Å². The number of hydrogen-bond donors (Lipinski definition) is 1. The van der Waals surface area contributed by atoms with Crippen molar-refractivity contribution < 1.29 is 9.90 Å². The third-order valence-corrected chi connectivity index (χ3v) is 2.65. The maximum Gasteiger partial charge on any atom is 0.339 e. The normalized spacial score (nSPS) is 11.5. The number of aromatic carboxylic acids is 1. The highest BCUT2D eigenvalue weighted by Crippen LogP contribution is 2.26. The highest BCUT2D eigenvalue weighted by Gasteiger charge is 2.21. The smallest absolute Gasteiger partial charge is 0.339 e. The lowest BCUT2D eigenvalue weighted by atomic mass is 9.96. The Kier molecular flexibility index (Phi) is 3.38. The largest absolute Gasteiger partial charge is 0.478 e. The fourth-order valence-corrected chi connectivity index (χ4v) is 1.93. The van der Waals surface area contributed by atoms with E-state index >= 15 is 0 Å². The summed E-state index contributed by atoms with van der Waals surface area (Å²) in [6, 6.07) is 3.59. The number of aromatic nitrogens is 3. The van der Waals surface area contributed by atoms with Crippen molar-refractivity contribution in [3.63, 3.8) is 0 Å². The van der Waals surface area contributed by atoms with Gasteiger partial charge >= 0.3 is 5.97 Å². The number of nitrogens with zero attached hydrogens (tertiary/aromatic N) is 3. The van der Waals surface area contributed by atoms with E-state index in [2.05, 4.69) is 30.9 Å². The Morgan fingerprint density at radius 2 is 1.95 bits per heavy atom. The Bertz CT molecular complexity index is 582. The molecule has 0 saturated carbocycles. The third kappa shape index (κ3) is 2.99. The van der Waals surface area contributed by atoms with Crippen molar-refractivity contribution in [2.75, 3.05) is 0 Å². The lowest BCUT2D eigenvalue weighted by Crippen LogP contribution is -2.17. The van der Waals surface area contributed by atoms with Gasteiger partial charge in [-0.05, 0) is 17.5 Å². The van der Waals surface area contributed by atoms with Crippen LogP contribution in [0.3, 0.4) is 0 Å². The molecule has 0 bridgehead atoms. The third-order valence-electron chi connectivity index (χ3n) is 2.65. The quantitative estimate of drug-likeness (QED) is 0.920. The van der Waals surface area contributed by atoms with Crippen LogP contribution < -0.4 is 0 Å². The molecule has 0 spiro atoms. The van der Waals surface area contributed by atoms with Gasteiger partial charge in [0.25, 0.3) is 0 Å². The predicted molar refractivity (Wildman–Crippen MR) is 71.9 cm³/mol. The second-order valence-electron chi connectivity index (χ2n) is 5.67. The first-order chi connectivity index (χ1) is 8.88. The average molecular weight is 259 g/mol. The van der Waals surface area contributed by atoms with Crippen molar-refractivity contribution >= 4 is 5.97 Å². The molecule has 0 aliphatic heterocycles. The maximum atomic E-state index is 11.3. The zero-order chi connectivity index (χ0) is 14.0. The molecule has 5 nitrogen and oxygen atoms in total. The van der Waals surface area contributed by atoms with Crippen LogP contribution in [0.5, 0.6) is 0 Å². The molecule has 0 atom stereocenters. The van der Waals surface area contributed by atoms with Crippen LogP contribution in [0.2, 0.25) is 0 Å². The zero-order valence-corrected chi connectivity index (χ0v) is 11.3. The Hall–Kier alpha value is -2.17. The molecule has 1 N–H and O–H groups in total. The molecule has 19 heavy (non-hydrogen) atoms. The van der Waals surface area contributed by atoms with Gasteiger partial charge in [0.1, 0.15) is 5.56 Å². The van der Waals surface area contributed by atoms with Gasteiger partial charge in [0.2, 0.25) is 0 Å². The Morgan fingerprint density at radius 3 is 2.47 bits per heavy atom. The van der Waals surface area contributed by atoms with Crippen molar-refractivity contribution in [2.45, 2.75) is 27.3 Å². The summed E-state index contributed by atoms with van der Waals surface area (Å²) in [6.07, 6.45) is 4.70. The molecule has 0 amide bonds. The minimum Gasteiger partial charge on any atom is -0.478 e. The summed E-state index contributed by atoms with van der Waals surface area (Å²) in [5, 5.41) is 13.5. The fourth-order valence-electron chi connectivity index (χ4n) is 1.93. The van der Waals surface area contributed by atoms with Gasteiger partial charge in [-0.1, -0.05) is 20.8 Å². The highest BCUT2D eigenvalue weighted by molar-refractivity contribution is 5.94. The van der Waals surface area contributed by atoms with Gasteiger partial charge in [0.15, 0.2) is 0 Å². The van der Waals surface area contributed by atoms with Crippen molar-refractivity contribution in [3.05, 3.63) is 36.3 Å². The molecule has 0 aliphatic rings. The predicted octanol–water partition coefficient (Wildman–Crippen LogP) is 2.69. The lowest BCUT2D eigenvalue weighted by molar-refractivity contribution is 0.0697. The van der Waals surface area contributed by atoms with Gasteiger partial charge in [-0.3, -0.25) is 9.67 Å². The summed E-state index contributed by atoms with van der Waals surface area (Å²) in [5.74, 6) is -0.966. The molecule has 5 heteroatoms. The lowest BCUT2D eigenvalue weighted by Gasteiger charge is -2.20. The highest BCUT2D eigenvalue weighted by atomic mass is 16.4. The van der Waals surface area contributed by atoms with E-state index in [0.29, 0.717) is 12.2 Å². The molecule has 0 aromatic carbocycles. The van der Waals surface area contributed by atoms with Gasteiger partial charge < -0.3 is 5.11 Å². The Balaban J connectivity index is 2.55. The van der Waals surface area contributed by atoms with E-state index in [0.717, 1.165) is 5.56 Å². The minimum absolute atomic E-state index is 0.0174. The Labute approximate surface area is 111 Å².